The van der Waals surface area contributed by atoms with E-state index in [0.29, 0.717) is 6.42 Å². The SMILES string of the molecule is C=C1CC(=O)C2c3c([nH]c4ccccc34)-c3ncc(C)cc3C12. The number of pyridine rings is 1. The zero-order valence-corrected chi connectivity index (χ0v) is 12.9. The van der Waals surface area contributed by atoms with Crippen LogP contribution in [0.3, 0.4) is 0 Å². The summed E-state index contributed by atoms with van der Waals surface area (Å²) < 4.78 is 0. The number of aromatic amines is 1. The van der Waals surface area contributed by atoms with Crippen LogP contribution in [0.5, 0.6) is 0 Å². The van der Waals surface area contributed by atoms with Gasteiger partial charge in [-0.05, 0) is 29.7 Å². The minimum absolute atomic E-state index is 0.0663. The van der Waals surface area contributed by atoms with Crippen molar-refractivity contribution in [3.63, 3.8) is 0 Å². The molecule has 1 N–H and O–H groups in total. The molecule has 2 aliphatic carbocycles. The van der Waals surface area contributed by atoms with E-state index >= 15 is 0 Å². The molecule has 23 heavy (non-hydrogen) atoms. The van der Waals surface area contributed by atoms with Crippen molar-refractivity contribution in [2.24, 2.45) is 0 Å². The van der Waals surface area contributed by atoms with E-state index in [9.17, 15) is 4.79 Å². The zero-order chi connectivity index (χ0) is 15.7. The lowest BCUT2D eigenvalue weighted by Crippen LogP contribution is -2.18. The number of carbonyl (C=O) groups is 1. The lowest BCUT2D eigenvalue weighted by molar-refractivity contribution is -0.118. The molecule has 5 rings (SSSR count). The molecule has 0 radical (unpaired) electrons. The number of allylic oxidation sites excluding steroid dienone is 1. The maximum absolute atomic E-state index is 12.7. The van der Waals surface area contributed by atoms with Crippen molar-refractivity contribution in [2.45, 2.75) is 25.2 Å². The molecule has 2 heterocycles. The van der Waals surface area contributed by atoms with Gasteiger partial charge >= 0.3 is 0 Å². The van der Waals surface area contributed by atoms with Crippen LogP contribution in [-0.2, 0) is 4.79 Å². The molecule has 3 nitrogen and oxygen atoms in total. The van der Waals surface area contributed by atoms with Gasteiger partial charge in [-0.2, -0.15) is 0 Å². The Kier molecular flexibility index (Phi) is 2.34. The van der Waals surface area contributed by atoms with Crippen molar-refractivity contribution in [3.8, 4) is 11.4 Å². The van der Waals surface area contributed by atoms with Crippen LogP contribution in [0, 0.1) is 6.92 Å². The molecule has 0 bridgehead atoms. The summed E-state index contributed by atoms with van der Waals surface area (Å²) in [6, 6.07) is 10.4. The molecule has 2 atom stereocenters. The van der Waals surface area contributed by atoms with Gasteiger partial charge in [0.1, 0.15) is 5.78 Å². The van der Waals surface area contributed by atoms with Crippen LogP contribution in [0.1, 0.15) is 34.9 Å². The van der Waals surface area contributed by atoms with Crippen LogP contribution < -0.4 is 0 Å². The van der Waals surface area contributed by atoms with Crippen LogP contribution in [-0.4, -0.2) is 15.8 Å². The van der Waals surface area contributed by atoms with Gasteiger partial charge in [-0.15, -0.1) is 0 Å². The number of carbonyl (C=O) groups excluding carboxylic acids is 1. The second kappa shape index (κ2) is 4.19. The van der Waals surface area contributed by atoms with Crippen LogP contribution in [0.25, 0.3) is 22.3 Å². The Morgan fingerprint density at radius 1 is 1.26 bits per heavy atom. The van der Waals surface area contributed by atoms with Crippen LogP contribution >= 0.6 is 0 Å². The number of aromatic nitrogens is 2. The molecule has 2 aliphatic rings. The molecular weight excluding hydrogens is 284 g/mol. The molecule has 0 aliphatic heterocycles. The molecule has 0 amide bonds. The Balaban J connectivity index is 1.94. The predicted molar refractivity (Wildman–Crippen MR) is 90.5 cm³/mol. The predicted octanol–water partition coefficient (Wildman–Crippen LogP) is 4.25. The third-order valence-corrected chi connectivity index (χ3v) is 5.20. The molecule has 1 saturated carbocycles. The Labute approximate surface area is 134 Å². The first kappa shape index (κ1) is 12.8. The van der Waals surface area contributed by atoms with Crippen molar-refractivity contribution in [3.05, 3.63) is 65.4 Å². The fourth-order valence-corrected chi connectivity index (χ4v) is 4.30. The van der Waals surface area contributed by atoms with E-state index < -0.39 is 0 Å². The Hall–Kier alpha value is -2.68. The average molecular weight is 300 g/mol. The first-order chi connectivity index (χ1) is 11.1. The van der Waals surface area contributed by atoms with Crippen molar-refractivity contribution in [1.29, 1.82) is 0 Å². The van der Waals surface area contributed by atoms with Crippen LogP contribution in [0.4, 0.5) is 0 Å². The lowest BCUT2D eigenvalue weighted by atomic mass is 9.75. The average Bonchev–Trinajstić information content (AvgIpc) is 3.05. The van der Waals surface area contributed by atoms with Gasteiger partial charge < -0.3 is 4.98 Å². The minimum Gasteiger partial charge on any atom is -0.353 e. The van der Waals surface area contributed by atoms with Gasteiger partial charge in [-0.3, -0.25) is 9.78 Å². The van der Waals surface area contributed by atoms with Gasteiger partial charge in [0.15, 0.2) is 0 Å². The number of rotatable bonds is 0. The molecule has 3 aromatic rings. The number of ketones is 1. The number of para-hydroxylation sites is 1. The molecule has 3 heteroatoms. The molecule has 1 fully saturated rings. The second-order valence-electron chi connectivity index (χ2n) is 6.67. The Morgan fingerprint density at radius 2 is 2.09 bits per heavy atom. The summed E-state index contributed by atoms with van der Waals surface area (Å²) in [6.45, 7) is 6.24. The normalized spacial score (nSPS) is 22.1. The van der Waals surface area contributed by atoms with E-state index in [4.69, 9.17) is 4.98 Å². The standard InChI is InChI=1S/C20H16N2O/c1-10-7-13-16-11(2)8-15(23)18(16)17-12-5-3-4-6-14(12)22-20(17)19(13)21-9-10/h3-7,9,16,18,22H,2,8H2,1H3. The van der Waals surface area contributed by atoms with Crippen molar-refractivity contribution < 1.29 is 4.79 Å². The highest BCUT2D eigenvalue weighted by molar-refractivity contribution is 6.03. The first-order valence-electron chi connectivity index (χ1n) is 7.93. The summed E-state index contributed by atoms with van der Waals surface area (Å²) in [5.41, 5.74) is 7.43. The Bertz CT molecular complexity index is 1010. The van der Waals surface area contributed by atoms with Gasteiger partial charge in [-0.1, -0.05) is 36.4 Å². The van der Waals surface area contributed by atoms with Crippen molar-refractivity contribution in [2.75, 3.05) is 0 Å². The van der Waals surface area contributed by atoms with E-state index in [-0.39, 0.29) is 17.6 Å². The van der Waals surface area contributed by atoms with Crippen molar-refractivity contribution >= 4 is 16.7 Å². The number of fused-ring (bicyclic) bond motifs is 8. The summed E-state index contributed by atoms with van der Waals surface area (Å²) >= 11 is 0. The topological polar surface area (TPSA) is 45.8 Å². The maximum atomic E-state index is 12.7. The van der Waals surface area contributed by atoms with Gasteiger partial charge in [-0.25, -0.2) is 0 Å². The van der Waals surface area contributed by atoms with E-state index in [0.717, 1.165) is 44.6 Å². The molecule has 0 saturated heterocycles. The third kappa shape index (κ3) is 1.54. The molecule has 0 spiro atoms. The fraction of sp³-hybridized carbons (Fsp3) is 0.200. The fourth-order valence-electron chi connectivity index (χ4n) is 4.30. The number of aryl methyl sites for hydroxylation is 1. The quantitative estimate of drug-likeness (QED) is 0.631. The third-order valence-electron chi connectivity index (χ3n) is 5.20. The van der Waals surface area contributed by atoms with Gasteiger partial charge in [0.2, 0.25) is 0 Å². The van der Waals surface area contributed by atoms with Crippen LogP contribution in [0.15, 0.2) is 48.7 Å². The number of nitrogens with one attached hydrogen (secondary N) is 1. The first-order valence-corrected chi connectivity index (χ1v) is 7.93. The summed E-state index contributed by atoms with van der Waals surface area (Å²) in [5.74, 6) is 0.222. The van der Waals surface area contributed by atoms with E-state index in [1.165, 1.54) is 0 Å². The number of hydrogen-bond donors (Lipinski definition) is 1. The van der Waals surface area contributed by atoms with Gasteiger partial charge in [0.05, 0.1) is 17.3 Å². The number of hydrogen-bond acceptors (Lipinski definition) is 2. The molecule has 2 aromatic heterocycles. The highest BCUT2D eigenvalue weighted by Crippen LogP contribution is 2.55. The molecule has 1 aromatic carbocycles. The molecular formula is C20H16N2O. The van der Waals surface area contributed by atoms with E-state index in [2.05, 4.69) is 29.8 Å². The summed E-state index contributed by atoms with van der Waals surface area (Å²) in [5, 5.41) is 1.13. The molecule has 2 unspecified atom stereocenters. The smallest absolute Gasteiger partial charge is 0.145 e. The van der Waals surface area contributed by atoms with Crippen molar-refractivity contribution in [1.82, 2.24) is 9.97 Å². The largest absolute Gasteiger partial charge is 0.353 e. The summed E-state index contributed by atoms with van der Waals surface area (Å²) in [6.07, 6.45) is 2.37. The zero-order valence-electron chi connectivity index (χ0n) is 12.9. The molecule has 112 valence electrons. The number of benzene rings is 1. The maximum Gasteiger partial charge on any atom is 0.145 e. The highest BCUT2D eigenvalue weighted by atomic mass is 16.1. The van der Waals surface area contributed by atoms with Crippen LogP contribution in [0.2, 0.25) is 0 Å². The van der Waals surface area contributed by atoms with Gasteiger partial charge in [0, 0.05) is 29.4 Å². The lowest BCUT2D eigenvalue weighted by Gasteiger charge is -2.28. The highest BCUT2D eigenvalue weighted by Gasteiger charge is 2.46. The second-order valence-corrected chi connectivity index (χ2v) is 6.67. The Morgan fingerprint density at radius 3 is 2.96 bits per heavy atom. The number of H-pyrrole nitrogens is 1. The van der Waals surface area contributed by atoms with Gasteiger partial charge in [0.25, 0.3) is 0 Å². The summed E-state index contributed by atoms with van der Waals surface area (Å²) in [7, 11) is 0. The number of nitrogens with zero attached hydrogens (tertiary/aromatic N) is 1. The monoisotopic (exact) mass is 300 g/mol. The summed E-state index contributed by atoms with van der Waals surface area (Å²) in [4.78, 5) is 20.9. The van der Waals surface area contributed by atoms with E-state index in [1.807, 2.05) is 25.3 Å². The minimum atomic E-state index is -0.121. The van der Waals surface area contributed by atoms with E-state index in [1.54, 1.807) is 0 Å². The number of Topliss-reactive ketones (excluding diaryl/α,β-unsaturated/α-hetero) is 1.